The summed E-state index contributed by atoms with van der Waals surface area (Å²) in [6.07, 6.45) is 12.5. The molecule has 0 unspecified atom stereocenters. The summed E-state index contributed by atoms with van der Waals surface area (Å²) in [5.74, 6) is 0.160. The van der Waals surface area contributed by atoms with Crippen LogP contribution >= 0.6 is 0 Å². The topological polar surface area (TPSA) is 98.1 Å². The average molecular weight is 807 g/mol. The summed E-state index contributed by atoms with van der Waals surface area (Å²) in [7, 11) is 0. The standard InChI is InChI=1S/C50H58N6O4/c1-50(2,3)60-49(59)54-32-41(33-54)47(57)55-26-10-14-44(55)42-28-39(30-51-42)36-20-16-34(17-21-36)35-18-22-37(23-19-35)40-29-43(52-31-40)45-15-11-27-56(45)48(58)46(38-12-6-4-7-13-38)53-24-8-5-9-25-53/h4,6-7,12-13,16-23,30-31,41,44-46H,5,8-11,14-15,24-29,32-33H2,1-3H3/t44-,45-,46+/m0/s1. The summed E-state index contributed by atoms with van der Waals surface area (Å²) in [6.45, 7) is 9.83. The normalized spacial score (nSPS) is 22.9. The maximum absolute atomic E-state index is 14.4. The molecular formula is C50H58N6O4. The second-order valence-corrected chi connectivity index (χ2v) is 18.4. The predicted molar refractivity (Wildman–Crippen MR) is 237 cm³/mol. The lowest BCUT2D eigenvalue weighted by Gasteiger charge is -2.41. The van der Waals surface area contributed by atoms with Crippen molar-refractivity contribution < 1.29 is 19.1 Å². The zero-order chi connectivity index (χ0) is 41.4. The Labute approximate surface area is 354 Å². The van der Waals surface area contributed by atoms with Crippen molar-refractivity contribution in [2.75, 3.05) is 39.3 Å². The Hall–Kier alpha value is -5.35. The van der Waals surface area contributed by atoms with Gasteiger partial charge in [0.15, 0.2) is 0 Å². The lowest BCUT2D eigenvalue weighted by Crippen LogP contribution is -2.58. The monoisotopic (exact) mass is 806 g/mol. The van der Waals surface area contributed by atoms with Gasteiger partial charge in [-0.15, -0.1) is 0 Å². The molecule has 6 heterocycles. The van der Waals surface area contributed by atoms with Crippen molar-refractivity contribution in [3.8, 4) is 11.1 Å². The van der Waals surface area contributed by atoms with E-state index in [1.165, 1.54) is 23.1 Å². The molecule has 10 nitrogen and oxygen atoms in total. The van der Waals surface area contributed by atoms with Crippen LogP contribution in [0.1, 0.15) is 101 Å². The van der Waals surface area contributed by atoms with Crippen LogP contribution in [0.4, 0.5) is 4.79 Å². The molecule has 60 heavy (non-hydrogen) atoms. The number of nitrogens with zero attached hydrogens (tertiary/aromatic N) is 6. The van der Waals surface area contributed by atoms with Crippen molar-refractivity contribution >= 4 is 40.5 Å². The minimum Gasteiger partial charge on any atom is -0.444 e. The summed E-state index contributed by atoms with van der Waals surface area (Å²) in [4.78, 5) is 58.3. The third-order valence-corrected chi connectivity index (χ3v) is 13.2. The van der Waals surface area contributed by atoms with E-state index in [1.54, 1.807) is 4.90 Å². The van der Waals surface area contributed by atoms with Gasteiger partial charge in [-0.3, -0.25) is 24.5 Å². The van der Waals surface area contributed by atoms with Crippen molar-refractivity contribution in [1.29, 1.82) is 0 Å². The fraction of sp³-hybridized carbons (Fsp3) is 0.460. The third-order valence-electron chi connectivity index (χ3n) is 13.2. The Morgan fingerprint density at radius 3 is 1.70 bits per heavy atom. The number of carbonyl (C=O) groups is 3. The van der Waals surface area contributed by atoms with Crippen LogP contribution in [0.5, 0.6) is 0 Å². The van der Waals surface area contributed by atoms with E-state index in [0.29, 0.717) is 13.1 Å². The summed E-state index contributed by atoms with van der Waals surface area (Å²) in [6, 6.07) is 27.6. The lowest BCUT2D eigenvalue weighted by molar-refractivity contribution is -0.140. The van der Waals surface area contributed by atoms with Crippen LogP contribution in [-0.4, -0.2) is 106 Å². The molecule has 3 amide bonds. The smallest absolute Gasteiger partial charge is 0.410 e. The zero-order valence-electron chi connectivity index (χ0n) is 35.4. The second-order valence-electron chi connectivity index (χ2n) is 18.4. The van der Waals surface area contributed by atoms with Gasteiger partial charge >= 0.3 is 6.09 Å². The maximum atomic E-state index is 14.4. The largest absolute Gasteiger partial charge is 0.444 e. The fourth-order valence-corrected chi connectivity index (χ4v) is 9.99. The fourth-order valence-electron chi connectivity index (χ4n) is 9.99. The number of ether oxygens (including phenoxy) is 1. The molecule has 0 saturated carbocycles. The van der Waals surface area contributed by atoms with Gasteiger partial charge in [0, 0.05) is 62.8 Å². The highest BCUT2D eigenvalue weighted by atomic mass is 16.6. The van der Waals surface area contributed by atoms with Crippen LogP contribution in [-0.2, 0) is 14.3 Å². The molecule has 0 aromatic heterocycles. The average Bonchev–Trinajstić information content (AvgIpc) is 4.08. The van der Waals surface area contributed by atoms with Gasteiger partial charge in [-0.2, -0.15) is 0 Å². The number of carbonyl (C=O) groups excluding carboxylic acids is 3. The molecule has 3 atom stereocenters. The minimum absolute atomic E-state index is 0.00658. The molecule has 0 radical (unpaired) electrons. The van der Waals surface area contributed by atoms with Gasteiger partial charge < -0.3 is 19.4 Å². The molecule has 0 N–H and O–H groups in total. The first-order valence-corrected chi connectivity index (χ1v) is 22.2. The number of piperidine rings is 1. The molecule has 0 bridgehead atoms. The van der Waals surface area contributed by atoms with E-state index in [1.807, 2.05) is 44.1 Å². The van der Waals surface area contributed by atoms with Crippen LogP contribution < -0.4 is 0 Å². The summed E-state index contributed by atoms with van der Waals surface area (Å²) >= 11 is 0. The molecule has 0 aliphatic carbocycles. The van der Waals surface area contributed by atoms with Gasteiger partial charge in [0.25, 0.3) is 0 Å². The van der Waals surface area contributed by atoms with E-state index >= 15 is 0 Å². The zero-order valence-corrected chi connectivity index (χ0v) is 35.4. The molecule has 0 spiro atoms. The van der Waals surface area contributed by atoms with Crippen LogP contribution in [0.3, 0.4) is 0 Å². The van der Waals surface area contributed by atoms with E-state index in [4.69, 9.17) is 14.7 Å². The van der Waals surface area contributed by atoms with Crippen molar-refractivity contribution in [2.45, 2.75) is 102 Å². The van der Waals surface area contributed by atoms with Gasteiger partial charge in [0.05, 0.1) is 18.0 Å². The minimum atomic E-state index is -0.553. The van der Waals surface area contributed by atoms with Crippen molar-refractivity contribution in [2.24, 2.45) is 15.9 Å². The van der Waals surface area contributed by atoms with E-state index in [-0.39, 0.29) is 42.0 Å². The Morgan fingerprint density at radius 1 is 0.633 bits per heavy atom. The Kier molecular flexibility index (Phi) is 11.3. The summed E-state index contributed by atoms with van der Waals surface area (Å²) < 4.78 is 5.48. The number of hydrogen-bond donors (Lipinski definition) is 0. The molecule has 6 aliphatic heterocycles. The second kappa shape index (κ2) is 17.0. The van der Waals surface area contributed by atoms with Gasteiger partial charge in [0.1, 0.15) is 11.6 Å². The lowest BCUT2D eigenvalue weighted by atomic mass is 9.94. The van der Waals surface area contributed by atoms with E-state index in [0.717, 1.165) is 111 Å². The Bertz CT molecular complexity index is 2210. The molecule has 3 aromatic carbocycles. The van der Waals surface area contributed by atoms with Crippen LogP contribution in [0.25, 0.3) is 22.3 Å². The van der Waals surface area contributed by atoms with Crippen LogP contribution in [0.2, 0.25) is 0 Å². The molecule has 312 valence electrons. The molecule has 3 aromatic rings. The first-order valence-electron chi connectivity index (χ1n) is 22.2. The quantitative estimate of drug-likeness (QED) is 0.215. The van der Waals surface area contributed by atoms with E-state index in [9.17, 15) is 14.4 Å². The van der Waals surface area contributed by atoms with Crippen molar-refractivity contribution in [1.82, 2.24) is 19.6 Å². The maximum Gasteiger partial charge on any atom is 0.410 e. The molecular weight excluding hydrogens is 749 g/mol. The first kappa shape index (κ1) is 40.1. The molecule has 9 rings (SSSR count). The highest BCUT2D eigenvalue weighted by molar-refractivity contribution is 6.04. The number of amides is 3. The number of likely N-dealkylation sites (tertiary alicyclic amines) is 4. The molecule has 4 fully saturated rings. The molecule has 10 heteroatoms. The number of hydrogen-bond acceptors (Lipinski definition) is 7. The number of aliphatic imine (C=N–C) groups is 2. The Morgan fingerprint density at radius 2 is 1.15 bits per heavy atom. The predicted octanol–water partition coefficient (Wildman–Crippen LogP) is 8.80. The van der Waals surface area contributed by atoms with Crippen molar-refractivity contribution in [3.63, 3.8) is 0 Å². The number of benzene rings is 3. The van der Waals surface area contributed by atoms with E-state index in [2.05, 4.69) is 82.6 Å². The van der Waals surface area contributed by atoms with Crippen LogP contribution in [0.15, 0.2) is 101 Å². The highest BCUT2D eigenvalue weighted by Gasteiger charge is 2.44. The summed E-state index contributed by atoms with van der Waals surface area (Å²) in [5.41, 5.74) is 9.67. The molecule has 6 aliphatic rings. The molecule has 4 saturated heterocycles. The van der Waals surface area contributed by atoms with Gasteiger partial charge in [-0.05, 0) is 111 Å². The highest BCUT2D eigenvalue weighted by Crippen LogP contribution is 2.36. The van der Waals surface area contributed by atoms with Crippen LogP contribution in [0, 0.1) is 5.92 Å². The van der Waals surface area contributed by atoms with Gasteiger partial charge in [-0.1, -0.05) is 85.3 Å². The third kappa shape index (κ3) is 8.36. The van der Waals surface area contributed by atoms with E-state index < -0.39 is 5.60 Å². The van der Waals surface area contributed by atoms with Crippen molar-refractivity contribution in [3.05, 3.63) is 108 Å². The number of rotatable bonds is 9. The first-order chi connectivity index (χ1) is 29.1. The van der Waals surface area contributed by atoms with Gasteiger partial charge in [0.2, 0.25) is 11.8 Å². The Balaban J connectivity index is 0.781. The summed E-state index contributed by atoms with van der Waals surface area (Å²) in [5, 5.41) is 0. The van der Waals surface area contributed by atoms with Gasteiger partial charge in [-0.25, -0.2) is 4.79 Å². The number of allylic oxidation sites excluding steroid dienone is 2. The SMILES string of the molecule is CC(C)(C)OC(=O)N1CC(C(=O)N2CCC[C@H]2C2=NC=C(c3ccc(-c4ccc(C5=CN=C([C@@H]6CCCN6C(=O)[C@@H](c6ccccc6)N6CCCCC6)C5)cc4)cc3)C2)C1.